The Bertz CT molecular complexity index is 968. The van der Waals surface area contributed by atoms with Gasteiger partial charge in [0.25, 0.3) is 0 Å². The van der Waals surface area contributed by atoms with Gasteiger partial charge in [-0.05, 0) is 30.5 Å². The number of amides is 1. The van der Waals surface area contributed by atoms with Crippen molar-refractivity contribution < 1.29 is 28.6 Å². The average Bonchev–Trinajstić information content (AvgIpc) is 2.98. The van der Waals surface area contributed by atoms with E-state index >= 15 is 0 Å². The van der Waals surface area contributed by atoms with E-state index in [4.69, 9.17) is 14.2 Å². The Labute approximate surface area is 168 Å². The van der Waals surface area contributed by atoms with Gasteiger partial charge in [0.05, 0.1) is 5.41 Å². The smallest absolute Gasteiger partial charge is 0.308 e. The lowest BCUT2D eigenvalue weighted by atomic mass is 9.53. The van der Waals surface area contributed by atoms with E-state index in [0.29, 0.717) is 30.9 Å². The fourth-order valence-electron chi connectivity index (χ4n) is 5.95. The van der Waals surface area contributed by atoms with Crippen molar-refractivity contribution in [2.75, 3.05) is 6.54 Å². The lowest BCUT2D eigenvalue weighted by Crippen LogP contribution is -2.66. The second-order valence-corrected chi connectivity index (χ2v) is 8.32. The van der Waals surface area contributed by atoms with Crippen LogP contribution in [0.15, 0.2) is 24.3 Å². The zero-order chi connectivity index (χ0) is 20.5. The minimum Gasteiger partial charge on any atom is -0.481 e. The number of rotatable bonds is 2. The number of hydrogen-bond acceptors (Lipinski definition) is 6. The number of hydrogen-bond donors (Lipinski definition) is 0. The van der Waals surface area contributed by atoms with Gasteiger partial charge in [-0.2, -0.15) is 0 Å². The molecule has 7 heteroatoms. The van der Waals surface area contributed by atoms with Gasteiger partial charge in [0.1, 0.15) is 6.10 Å². The number of esters is 2. The first-order chi connectivity index (χ1) is 13.8. The summed E-state index contributed by atoms with van der Waals surface area (Å²) in [6.07, 6.45) is 4.44. The molecule has 1 aromatic rings. The molecule has 1 amide bonds. The molecule has 1 fully saturated rings. The summed E-state index contributed by atoms with van der Waals surface area (Å²) in [6, 6.07) is 3.75. The second kappa shape index (κ2) is 6.08. The molecule has 0 saturated carbocycles. The van der Waals surface area contributed by atoms with Gasteiger partial charge in [-0.15, -0.1) is 0 Å². The highest BCUT2D eigenvalue weighted by molar-refractivity contribution is 5.76. The van der Waals surface area contributed by atoms with E-state index in [1.807, 2.05) is 17.0 Å². The Hall–Kier alpha value is -2.83. The van der Waals surface area contributed by atoms with Crippen molar-refractivity contribution in [3.05, 3.63) is 35.4 Å². The van der Waals surface area contributed by atoms with Gasteiger partial charge in [-0.1, -0.05) is 12.1 Å². The molecule has 0 unspecified atom stereocenters. The molecule has 1 spiro atoms. The van der Waals surface area contributed by atoms with Crippen molar-refractivity contribution in [3.8, 4) is 11.5 Å². The first-order valence-electron chi connectivity index (χ1n) is 9.97. The molecule has 152 valence electrons. The predicted octanol–water partition coefficient (Wildman–Crippen LogP) is 1.91. The van der Waals surface area contributed by atoms with Crippen molar-refractivity contribution in [3.63, 3.8) is 0 Å². The third-order valence-electron chi connectivity index (χ3n) is 6.80. The molecule has 2 aliphatic carbocycles. The molecular weight excluding hydrogens is 374 g/mol. The molecular formula is C22H23NO6. The molecule has 1 aromatic carbocycles. The summed E-state index contributed by atoms with van der Waals surface area (Å²) in [5.74, 6) is 0.303. The lowest BCUT2D eigenvalue weighted by molar-refractivity contribution is -0.153. The van der Waals surface area contributed by atoms with Gasteiger partial charge in [0, 0.05) is 44.8 Å². The molecule has 2 aliphatic heterocycles. The molecule has 0 aromatic heterocycles. The third-order valence-corrected chi connectivity index (χ3v) is 6.80. The molecule has 0 radical (unpaired) electrons. The van der Waals surface area contributed by atoms with Crippen LogP contribution >= 0.6 is 0 Å². The largest absolute Gasteiger partial charge is 0.481 e. The molecule has 1 saturated heterocycles. The quantitative estimate of drug-likeness (QED) is 0.431. The zero-order valence-electron chi connectivity index (χ0n) is 16.6. The maximum atomic E-state index is 12.3. The number of ether oxygens (including phenoxy) is 3. The highest BCUT2D eigenvalue weighted by Gasteiger charge is 2.65. The summed E-state index contributed by atoms with van der Waals surface area (Å²) in [4.78, 5) is 37.6. The average molecular weight is 397 g/mol. The first-order valence-corrected chi connectivity index (χ1v) is 9.97. The minimum atomic E-state index is -0.531. The molecule has 4 aliphatic rings. The van der Waals surface area contributed by atoms with Crippen molar-refractivity contribution >= 4 is 17.8 Å². The highest BCUT2D eigenvalue weighted by atomic mass is 16.6. The lowest BCUT2D eigenvalue weighted by Gasteiger charge is -2.57. The summed E-state index contributed by atoms with van der Waals surface area (Å²) in [5.41, 5.74) is 1.74. The fourth-order valence-corrected chi connectivity index (χ4v) is 5.95. The SMILES string of the molecule is CC(=O)Oc1ccc2c3c1O[C@@H]1[C@H](OC(C)=O)C=C[C@@H]4[C@@H](C2)N(C(C)=O)CC[C@@]341. The van der Waals surface area contributed by atoms with Crippen molar-refractivity contribution in [1.82, 2.24) is 4.90 Å². The summed E-state index contributed by atoms with van der Waals surface area (Å²) in [7, 11) is 0. The van der Waals surface area contributed by atoms with Crippen molar-refractivity contribution in [1.29, 1.82) is 0 Å². The van der Waals surface area contributed by atoms with E-state index in [2.05, 4.69) is 6.08 Å². The molecule has 5 rings (SSSR count). The van der Waals surface area contributed by atoms with Gasteiger partial charge in [0.15, 0.2) is 17.6 Å². The number of likely N-dealkylation sites (tertiary alicyclic amines) is 1. The number of benzene rings is 1. The molecule has 5 atom stereocenters. The zero-order valence-corrected chi connectivity index (χ0v) is 16.6. The highest BCUT2D eigenvalue weighted by Crippen LogP contribution is 2.62. The monoisotopic (exact) mass is 397 g/mol. The van der Waals surface area contributed by atoms with Crippen LogP contribution in [-0.2, 0) is 31.0 Å². The minimum absolute atomic E-state index is 0.0277. The van der Waals surface area contributed by atoms with E-state index in [0.717, 1.165) is 11.1 Å². The normalized spacial score (nSPS) is 32.9. The summed E-state index contributed by atoms with van der Waals surface area (Å²) in [6.45, 7) is 4.98. The Morgan fingerprint density at radius 3 is 2.62 bits per heavy atom. The van der Waals surface area contributed by atoms with Gasteiger partial charge in [-0.25, -0.2) is 0 Å². The van der Waals surface area contributed by atoms with Crippen LogP contribution in [-0.4, -0.2) is 47.5 Å². The van der Waals surface area contributed by atoms with Gasteiger partial charge in [0.2, 0.25) is 5.91 Å². The van der Waals surface area contributed by atoms with Crippen LogP contribution in [0.3, 0.4) is 0 Å². The summed E-state index contributed by atoms with van der Waals surface area (Å²) < 4.78 is 17.4. The topological polar surface area (TPSA) is 82.1 Å². The molecule has 0 N–H and O–H groups in total. The van der Waals surface area contributed by atoms with Crippen LogP contribution in [0.1, 0.15) is 38.3 Å². The summed E-state index contributed by atoms with van der Waals surface area (Å²) >= 11 is 0. The van der Waals surface area contributed by atoms with Gasteiger partial charge in [-0.3, -0.25) is 14.4 Å². The number of carbonyl (C=O) groups excluding carboxylic acids is 3. The Kier molecular flexibility index (Phi) is 3.82. The Morgan fingerprint density at radius 1 is 1.14 bits per heavy atom. The standard InChI is InChI=1S/C22H23NO6/c1-11(24)23-9-8-22-15-5-7-18(28-13(3)26)21(22)29-20-17(27-12(2)25)6-4-14(19(20)22)10-16(15)23/h4-7,15-16,18,21H,8-10H2,1-3H3/t15-,16-,18-,21-,22+/m1/s1. The van der Waals surface area contributed by atoms with E-state index in [1.165, 1.54) is 13.8 Å². The Morgan fingerprint density at radius 2 is 1.93 bits per heavy atom. The third kappa shape index (κ3) is 2.39. The second-order valence-electron chi connectivity index (χ2n) is 8.32. The Balaban J connectivity index is 1.71. The van der Waals surface area contributed by atoms with Gasteiger partial charge >= 0.3 is 11.9 Å². The first kappa shape index (κ1) is 18.2. The van der Waals surface area contributed by atoms with E-state index in [9.17, 15) is 14.4 Å². The number of piperidine rings is 1. The summed E-state index contributed by atoms with van der Waals surface area (Å²) in [5, 5.41) is 0. The number of nitrogens with zero attached hydrogens (tertiary/aromatic N) is 1. The van der Waals surface area contributed by atoms with Crippen LogP contribution in [0.25, 0.3) is 0 Å². The van der Waals surface area contributed by atoms with E-state index in [1.54, 1.807) is 13.0 Å². The van der Waals surface area contributed by atoms with Gasteiger partial charge < -0.3 is 19.1 Å². The van der Waals surface area contributed by atoms with Crippen molar-refractivity contribution in [2.24, 2.45) is 5.92 Å². The molecule has 2 heterocycles. The predicted molar refractivity (Wildman–Crippen MR) is 102 cm³/mol. The van der Waals surface area contributed by atoms with Crippen molar-refractivity contribution in [2.45, 2.75) is 57.3 Å². The molecule has 2 bridgehead atoms. The van der Waals surface area contributed by atoms with Crippen LogP contribution in [0.4, 0.5) is 0 Å². The molecule has 7 nitrogen and oxygen atoms in total. The maximum absolute atomic E-state index is 12.3. The van der Waals surface area contributed by atoms with Crippen LogP contribution in [0, 0.1) is 5.92 Å². The van der Waals surface area contributed by atoms with Crippen LogP contribution in [0.5, 0.6) is 11.5 Å². The fraction of sp³-hybridized carbons (Fsp3) is 0.500. The van der Waals surface area contributed by atoms with E-state index in [-0.39, 0.29) is 23.8 Å². The maximum Gasteiger partial charge on any atom is 0.308 e. The van der Waals surface area contributed by atoms with Crippen LogP contribution in [0.2, 0.25) is 0 Å². The number of carbonyl (C=O) groups is 3. The van der Waals surface area contributed by atoms with Crippen LogP contribution < -0.4 is 9.47 Å². The van der Waals surface area contributed by atoms with E-state index < -0.39 is 23.6 Å². The molecule has 29 heavy (non-hydrogen) atoms.